The number of rotatable bonds is 10. The molecule has 12 nitrogen and oxygen atoms in total. The predicted molar refractivity (Wildman–Crippen MR) is 95.4 cm³/mol. The first kappa shape index (κ1) is 23.3. The van der Waals surface area contributed by atoms with Gasteiger partial charge in [-0.3, -0.25) is 19.2 Å². The minimum Gasteiger partial charge on any atom is -0.480 e. The average molecular weight is 401 g/mol. The van der Waals surface area contributed by atoms with Crippen molar-refractivity contribution >= 4 is 29.6 Å². The van der Waals surface area contributed by atoms with Gasteiger partial charge >= 0.3 is 5.97 Å². The van der Waals surface area contributed by atoms with E-state index in [9.17, 15) is 34.2 Å². The standard InChI is InChI=1S/C16H27N5O7/c1-8(22)13(20-12(24)7-17)15(26)21-6-2-3-10(21)14(25)19-9(16(27)28)4-5-11(18)23/h8-10,13,22H,2-7,17H2,1H3,(H2,18,23)(H,19,25)(H,20,24)(H,27,28). The first-order chi connectivity index (χ1) is 13.1. The second-order valence-electron chi connectivity index (χ2n) is 6.58. The van der Waals surface area contributed by atoms with E-state index in [0.29, 0.717) is 6.42 Å². The van der Waals surface area contributed by atoms with Crippen LogP contribution in [0.2, 0.25) is 0 Å². The number of aliphatic hydroxyl groups is 1. The molecule has 0 saturated carbocycles. The molecule has 28 heavy (non-hydrogen) atoms. The van der Waals surface area contributed by atoms with E-state index < -0.39 is 53.8 Å². The maximum atomic E-state index is 12.7. The molecule has 1 aliphatic rings. The first-order valence-corrected chi connectivity index (χ1v) is 8.88. The second kappa shape index (κ2) is 10.6. The van der Waals surface area contributed by atoms with E-state index in [1.54, 1.807) is 0 Å². The second-order valence-corrected chi connectivity index (χ2v) is 6.58. The molecule has 12 heteroatoms. The number of carboxylic acids is 1. The SMILES string of the molecule is CC(O)C(NC(=O)CN)C(=O)N1CCCC1C(=O)NC(CCC(N)=O)C(=O)O. The molecule has 158 valence electrons. The van der Waals surface area contributed by atoms with Crippen LogP contribution in [-0.2, 0) is 24.0 Å². The molecule has 0 aromatic heterocycles. The van der Waals surface area contributed by atoms with Crippen molar-refractivity contribution in [1.82, 2.24) is 15.5 Å². The zero-order valence-corrected chi connectivity index (χ0v) is 15.6. The number of nitrogens with two attached hydrogens (primary N) is 2. The van der Waals surface area contributed by atoms with Crippen LogP contribution in [0.15, 0.2) is 0 Å². The van der Waals surface area contributed by atoms with Gasteiger partial charge in [0.05, 0.1) is 12.6 Å². The molecule has 4 unspecified atom stereocenters. The Morgan fingerprint density at radius 1 is 1.21 bits per heavy atom. The van der Waals surface area contributed by atoms with Gasteiger partial charge in [-0.25, -0.2) is 4.79 Å². The molecule has 8 N–H and O–H groups in total. The van der Waals surface area contributed by atoms with Crippen molar-refractivity contribution in [1.29, 1.82) is 0 Å². The lowest BCUT2D eigenvalue weighted by atomic mass is 10.1. The van der Waals surface area contributed by atoms with Crippen LogP contribution in [0.5, 0.6) is 0 Å². The van der Waals surface area contributed by atoms with Gasteiger partial charge in [0.2, 0.25) is 23.6 Å². The zero-order valence-electron chi connectivity index (χ0n) is 15.6. The van der Waals surface area contributed by atoms with Gasteiger partial charge in [-0.1, -0.05) is 0 Å². The highest BCUT2D eigenvalue weighted by molar-refractivity contribution is 5.94. The lowest BCUT2D eigenvalue weighted by Gasteiger charge is -2.30. The molecule has 0 aromatic rings. The summed E-state index contributed by atoms with van der Waals surface area (Å²) >= 11 is 0. The molecule has 0 aliphatic carbocycles. The quantitative estimate of drug-likeness (QED) is 0.217. The molecule has 0 radical (unpaired) electrons. The lowest BCUT2D eigenvalue weighted by molar-refractivity contribution is -0.146. The number of nitrogens with one attached hydrogen (secondary N) is 2. The lowest BCUT2D eigenvalue weighted by Crippen LogP contribution is -2.58. The van der Waals surface area contributed by atoms with Gasteiger partial charge in [0.15, 0.2) is 0 Å². The summed E-state index contributed by atoms with van der Waals surface area (Å²) in [5.41, 5.74) is 10.2. The van der Waals surface area contributed by atoms with E-state index in [4.69, 9.17) is 11.5 Å². The summed E-state index contributed by atoms with van der Waals surface area (Å²) in [6.45, 7) is 1.15. The van der Waals surface area contributed by atoms with Crippen molar-refractivity contribution in [3.8, 4) is 0 Å². The van der Waals surface area contributed by atoms with E-state index in [1.807, 2.05) is 0 Å². The molecule has 1 rings (SSSR count). The number of amides is 4. The summed E-state index contributed by atoms with van der Waals surface area (Å²) in [4.78, 5) is 60.1. The number of likely N-dealkylation sites (tertiary alicyclic amines) is 1. The van der Waals surface area contributed by atoms with E-state index in [1.165, 1.54) is 11.8 Å². The van der Waals surface area contributed by atoms with E-state index in [-0.39, 0.29) is 32.4 Å². The van der Waals surface area contributed by atoms with Crippen LogP contribution >= 0.6 is 0 Å². The Balaban J connectivity index is 2.87. The van der Waals surface area contributed by atoms with Crippen LogP contribution in [0.1, 0.15) is 32.6 Å². The Labute approximate surface area is 161 Å². The van der Waals surface area contributed by atoms with Gasteiger partial charge < -0.3 is 37.2 Å². The van der Waals surface area contributed by atoms with Crippen molar-refractivity contribution in [2.75, 3.05) is 13.1 Å². The topological polar surface area (TPSA) is 205 Å². The molecular weight excluding hydrogens is 374 g/mol. The van der Waals surface area contributed by atoms with Gasteiger partial charge in [0.25, 0.3) is 0 Å². The minimum atomic E-state index is -1.33. The van der Waals surface area contributed by atoms with E-state index in [0.717, 1.165) is 0 Å². The molecule has 0 aromatic carbocycles. The number of nitrogens with zero attached hydrogens (tertiary/aromatic N) is 1. The molecule has 0 bridgehead atoms. The van der Waals surface area contributed by atoms with Crippen LogP contribution in [0, 0.1) is 0 Å². The third-order valence-corrected chi connectivity index (χ3v) is 4.38. The van der Waals surface area contributed by atoms with Crippen LogP contribution in [-0.4, -0.2) is 82.0 Å². The van der Waals surface area contributed by atoms with Gasteiger partial charge in [-0.15, -0.1) is 0 Å². The van der Waals surface area contributed by atoms with Crippen molar-refractivity contribution < 1.29 is 34.2 Å². The largest absolute Gasteiger partial charge is 0.480 e. The highest BCUT2D eigenvalue weighted by atomic mass is 16.4. The van der Waals surface area contributed by atoms with Gasteiger partial charge in [-0.05, 0) is 26.2 Å². The van der Waals surface area contributed by atoms with Gasteiger partial charge in [0, 0.05) is 13.0 Å². The van der Waals surface area contributed by atoms with Crippen LogP contribution in [0.25, 0.3) is 0 Å². The molecule has 4 atom stereocenters. The molecule has 1 saturated heterocycles. The monoisotopic (exact) mass is 401 g/mol. The number of aliphatic carboxylic acids is 1. The van der Waals surface area contributed by atoms with Crippen molar-refractivity contribution in [2.45, 2.75) is 56.8 Å². The number of carbonyl (C=O) groups excluding carboxylic acids is 4. The number of hydrogen-bond donors (Lipinski definition) is 6. The molecule has 0 spiro atoms. The van der Waals surface area contributed by atoms with Crippen LogP contribution in [0.4, 0.5) is 0 Å². The summed E-state index contributed by atoms with van der Waals surface area (Å²) < 4.78 is 0. The number of primary amides is 1. The minimum absolute atomic E-state index is 0.181. The average Bonchev–Trinajstić information content (AvgIpc) is 3.11. The molecule has 1 fully saturated rings. The van der Waals surface area contributed by atoms with Crippen LogP contribution < -0.4 is 22.1 Å². The molecule has 1 heterocycles. The summed E-state index contributed by atoms with van der Waals surface area (Å²) in [5, 5.41) is 23.6. The fraction of sp³-hybridized carbons (Fsp3) is 0.688. The first-order valence-electron chi connectivity index (χ1n) is 8.88. The third kappa shape index (κ3) is 6.46. The Kier molecular flexibility index (Phi) is 8.79. The molecule has 1 aliphatic heterocycles. The van der Waals surface area contributed by atoms with Crippen molar-refractivity contribution in [2.24, 2.45) is 11.5 Å². The smallest absolute Gasteiger partial charge is 0.326 e. The normalized spacial score (nSPS) is 19.4. The summed E-state index contributed by atoms with van der Waals surface area (Å²) in [6, 6.07) is -3.57. The number of aliphatic hydroxyl groups excluding tert-OH is 1. The fourth-order valence-corrected chi connectivity index (χ4v) is 2.91. The van der Waals surface area contributed by atoms with Gasteiger partial charge in [0.1, 0.15) is 18.1 Å². The predicted octanol–water partition coefficient (Wildman–Crippen LogP) is -3.36. The van der Waals surface area contributed by atoms with Gasteiger partial charge in [-0.2, -0.15) is 0 Å². The van der Waals surface area contributed by atoms with Crippen LogP contribution in [0.3, 0.4) is 0 Å². The fourth-order valence-electron chi connectivity index (χ4n) is 2.91. The third-order valence-electron chi connectivity index (χ3n) is 4.38. The van der Waals surface area contributed by atoms with E-state index >= 15 is 0 Å². The van der Waals surface area contributed by atoms with Crippen molar-refractivity contribution in [3.05, 3.63) is 0 Å². The summed E-state index contributed by atoms with van der Waals surface area (Å²) in [7, 11) is 0. The summed E-state index contributed by atoms with van der Waals surface area (Å²) in [6.07, 6.45) is -0.855. The highest BCUT2D eigenvalue weighted by Gasteiger charge is 2.40. The number of carbonyl (C=O) groups is 5. The molecule has 4 amide bonds. The maximum absolute atomic E-state index is 12.7. The Bertz CT molecular complexity index is 625. The van der Waals surface area contributed by atoms with Crippen molar-refractivity contribution in [3.63, 3.8) is 0 Å². The summed E-state index contributed by atoms with van der Waals surface area (Å²) in [5.74, 6) is -4.04. The Morgan fingerprint density at radius 2 is 1.86 bits per heavy atom. The Morgan fingerprint density at radius 3 is 2.36 bits per heavy atom. The number of carboxylic acid groups (broad SMARTS) is 1. The van der Waals surface area contributed by atoms with E-state index in [2.05, 4.69) is 10.6 Å². The zero-order chi connectivity index (χ0) is 21.4. The maximum Gasteiger partial charge on any atom is 0.326 e. The molecular formula is C16H27N5O7. The Hall–Kier alpha value is -2.73. The number of hydrogen-bond acceptors (Lipinski definition) is 7. The highest BCUT2D eigenvalue weighted by Crippen LogP contribution is 2.20.